The predicted molar refractivity (Wildman–Crippen MR) is 62.3 cm³/mol. The SMILES string of the molecule is CC[C@@H](O)[C@@H]1CCCN1C(=O)OC(C)(C)C. The zero-order chi connectivity index (χ0) is 12.3. The van der Waals surface area contributed by atoms with Gasteiger partial charge in [-0.3, -0.25) is 0 Å². The molecule has 1 aliphatic heterocycles. The number of carbonyl (C=O) groups is 1. The van der Waals surface area contributed by atoms with Gasteiger partial charge in [0.1, 0.15) is 5.60 Å². The van der Waals surface area contributed by atoms with Crippen LogP contribution in [0.5, 0.6) is 0 Å². The number of likely N-dealkylation sites (tertiary alicyclic amines) is 1. The summed E-state index contributed by atoms with van der Waals surface area (Å²) in [6.07, 6.45) is 1.75. The maximum Gasteiger partial charge on any atom is 0.410 e. The fourth-order valence-corrected chi connectivity index (χ4v) is 2.01. The molecule has 1 heterocycles. The molecule has 1 fully saturated rings. The highest BCUT2D eigenvalue weighted by Crippen LogP contribution is 2.24. The lowest BCUT2D eigenvalue weighted by molar-refractivity contribution is 0.00475. The number of rotatable bonds is 2. The van der Waals surface area contributed by atoms with E-state index in [1.54, 1.807) is 4.90 Å². The smallest absolute Gasteiger partial charge is 0.410 e. The number of hydrogen-bond donors (Lipinski definition) is 1. The Morgan fingerprint density at radius 1 is 1.56 bits per heavy atom. The van der Waals surface area contributed by atoms with E-state index >= 15 is 0 Å². The van der Waals surface area contributed by atoms with E-state index in [1.807, 2.05) is 27.7 Å². The fourth-order valence-electron chi connectivity index (χ4n) is 2.01. The molecule has 1 rings (SSSR count). The van der Waals surface area contributed by atoms with E-state index < -0.39 is 11.7 Å². The van der Waals surface area contributed by atoms with Gasteiger partial charge in [0, 0.05) is 6.54 Å². The second-order valence-corrected chi connectivity index (χ2v) is 5.36. The van der Waals surface area contributed by atoms with Crippen molar-refractivity contribution in [3.8, 4) is 0 Å². The summed E-state index contributed by atoms with van der Waals surface area (Å²) in [5.41, 5.74) is -0.471. The number of aliphatic hydroxyl groups excluding tert-OH is 1. The molecule has 0 aliphatic carbocycles. The zero-order valence-corrected chi connectivity index (χ0v) is 10.7. The fraction of sp³-hybridized carbons (Fsp3) is 0.917. The molecular weight excluding hydrogens is 206 g/mol. The highest BCUT2D eigenvalue weighted by atomic mass is 16.6. The van der Waals surface area contributed by atoms with Crippen molar-refractivity contribution < 1.29 is 14.6 Å². The van der Waals surface area contributed by atoms with Crippen LogP contribution in [0.1, 0.15) is 47.0 Å². The van der Waals surface area contributed by atoms with Gasteiger partial charge in [0.2, 0.25) is 0 Å². The Morgan fingerprint density at radius 3 is 2.69 bits per heavy atom. The van der Waals surface area contributed by atoms with Crippen molar-refractivity contribution >= 4 is 6.09 Å². The van der Waals surface area contributed by atoms with Crippen LogP contribution in [0.4, 0.5) is 4.79 Å². The summed E-state index contributed by atoms with van der Waals surface area (Å²) < 4.78 is 5.32. The van der Waals surface area contributed by atoms with Crippen LogP contribution in [0.3, 0.4) is 0 Å². The highest BCUT2D eigenvalue weighted by molar-refractivity contribution is 5.69. The summed E-state index contributed by atoms with van der Waals surface area (Å²) in [6.45, 7) is 8.18. The van der Waals surface area contributed by atoms with Crippen LogP contribution in [0, 0.1) is 0 Å². The molecule has 16 heavy (non-hydrogen) atoms. The summed E-state index contributed by atoms with van der Waals surface area (Å²) in [5, 5.41) is 9.83. The molecule has 1 N–H and O–H groups in total. The van der Waals surface area contributed by atoms with Crippen LogP contribution in [-0.2, 0) is 4.74 Å². The molecule has 0 aromatic carbocycles. The van der Waals surface area contributed by atoms with E-state index in [-0.39, 0.29) is 12.1 Å². The van der Waals surface area contributed by atoms with Crippen LogP contribution in [0.25, 0.3) is 0 Å². The standard InChI is InChI=1S/C12H23NO3/c1-5-10(14)9-7-6-8-13(9)11(15)16-12(2,3)4/h9-10,14H,5-8H2,1-4H3/t9-,10+/m0/s1. The zero-order valence-electron chi connectivity index (χ0n) is 10.7. The number of aliphatic hydroxyl groups is 1. The average Bonchev–Trinajstić information content (AvgIpc) is 2.62. The molecule has 1 amide bonds. The number of nitrogens with zero attached hydrogens (tertiary/aromatic N) is 1. The van der Waals surface area contributed by atoms with Crippen molar-refractivity contribution in [1.82, 2.24) is 4.90 Å². The quantitative estimate of drug-likeness (QED) is 0.789. The van der Waals surface area contributed by atoms with E-state index in [0.717, 1.165) is 12.8 Å². The monoisotopic (exact) mass is 229 g/mol. The van der Waals surface area contributed by atoms with Crippen LogP contribution in [0.2, 0.25) is 0 Å². The summed E-state index contributed by atoms with van der Waals surface area (Å²) in [7, 11) is 0. The maximum atomic E-state index is 11.9. The van der Waals surface area contributed by atoms with Gasteiger partial charge >= 0.3 is 6.09 Å². The summed E-state index contributed by atoms with van der Waals surface area (Å²) >= 11 is 0. The second kappa shape index (κ2) is 5.04. The van der Waals surface area contributed by atoms with Crippen molar-refractivity contribution in [1.29, 1.82) is 0 Å². The molecular formula is C12H23NO3. The lowest BCUT2D eigenvalue weighted by Crippen LogP contribution is -2.44. The lowest BCUT2D eigenvalue weighted by atomic mass is 10.1. The Labute approximate surface area is 97.6 Å². The molecule has 0 aromatic rings. The van der Waals surface area contributed by atoms with E-state index in [4.69, 9.17) is 4.74 Å². The molecule has 0 spiro atoms. The topological polar surface area (TPSA) is 49.8 Å². The summed E-state index contributed by atoms with van der Waals surface area (Å²) in [5.74, 6) is 0. The first-order valence-electron chi connectivity index (χ1n) is 6.03. The minimum absolute atomic E-state index is 0.0696. The van der Waals surface area contributed by atoms with E-state index in [1.165, 1.54) is 0 Å². The van der Waals surface area contributed by atoms with Gasteiger partial charge in [-0.05, 0) is 40.0 Å². The largest absolute Gasteiger partial charge is 0.444 e. The van der Waals surface area contributed by atoms with Crippen molar-refractivity contribution in [3.63, 3.8) is 0 Å². The minimum Gasteiger partial charge on any atom is -0.444 e. The van der Waals surface area contributed by atoms with Crippen LogP contribution >= 0.6 is 0 Å². The van der Waals surface area contributed by atoms with Crippen LogP contribution in [0.15, 0.2) is 0 Å². The second-order valence-electron chi connectivity index (χ2n) is 5.36. The van der Waals surface area contributed by atoms with Gasteiger partial charge in [-0.25, -0.2) is 4.79 Å². The van der Waals surface area contributed by atoms with Gasteiger partial charge in [-0.1, -0.05) is 6.92 Å². The molecule has 1 saturated heterocycles. The Kier molecular flexibility index (Phi) is 4.19. The van der Waals surface area contributed by atoms with Gasteiger partial charge in [0.25, 0.3) is 0 Å². The number of carbonyl (C=O) groups excluding carboxylic acids is 1. The molecule has 0 aromatic heterocycles. The normalized spacial score (nSPS) is 23.3. The van der Waals surface area contributed by atoms with Crippen molar-refractivity contribution in [2.45, 2.75) is 64.7 Å². The van der Waals surface area contributed by atoms with Crippen molar-refractivity contribution in [3.05, 3.63) is 0 Å². The highest BCUT2D eigenvalue weighted by Gasteiger charge is 2.35. The van der Waals surface area contributed by atoms with Gasteiger partial charge in [0.05, 0.1) is 12.1 Å². The van der Waals surface area contributed by atoms with Gasteiger partial charge < -0.3 is 14.7 Å². The molecule has 4 nitrogen and oxygen atoms in total. The average molecular weight is 229 g/mol. The van der Waals surface area contributed by atoms with Crippen molar-refractivity contribution in [2.75, 3.05) is 6.54 Å². The number of amides is 1. The molecule has 4 heteroatoms. The maximum absolute atomic E-state index is 11.9. The van der Waals surface area contributed by atoms with Gasteiger partial charge in [-0.2, -0.15) is 0 Å². The molecule has 0 unspecified atom stereocenters. The van der Waals surface area contributed by atoms with E-state index in [9.17, 15) is 9.90 Å². The number of hydrogen-bond acceptors (Lipinski definition) is 3. The predicted octanol–water partition coefficient (Wildman–Crippen LogP) is 2.16. The first-order chi connectivity index (χ1) is 7.35. The molecule has 0 saturated carbocycles. The van der Waals surface area contributed by atoms with Crippen LogP contribution in [-0.4, -0.2) is 40.4 Å². The van der Waals surface area contributed by atoms with Gasteiger partial charge in [-0.15, -0.1) is 0 Å². The summed E-state index contributed by atoms with van der Waals surface area (Å²) in [6, 6.07) is -0.0696. The van der Waals surface area contributed by atoms with Gasteiger partial charge in [0.15, 0.2) is 0 Å². The Hall–Kier alpha value is -0.770. The molecule has 2 atom stereocenters. The number of ether oxygens (including phenoxy) is 1. The molecule has 0 radical (unpaired) electrons. The first-order valence-corrected chi connectivity index (χ1v) is 6.03. The van der Waals surface area contributed by atoms with Crippen LogP contribution < -0.4 is 0 Å². The minimum atomic E-state index is -0.471. The van der Waals surface area contributed by atoms with Crippen molar-refractivity contribution in [2.24, 2.45) is 0 Å². The third kappa shape index (κ3) is 3.37. The molecule has 0 bridgehead atoms. The van der Waals surface area contributed by atoms with E-state index in [2.05, 4.69) is 0 Å². The molecule has 1 aliphatic rings. The Balaban J connectivity index is 2.61. The first kappa shape index (κ1) is 13.3. The third-order valence-electron chi connectivity index (χ3n) is 2.79. The van der Waals surface area contributed by atoms with E-state index in [0.29, 0.717) is 13.0 Å². The Bertz CT molecular complexity index is 247. The summed E-state index contributed by atoms with van der Waals surface area (Å²) in [4.78, 5) is 13.6. The third-order valence-corrected chi connectivity index (χ3v) is 2.79. The Morgan fingerprint density at radius 2 is 2.19 bits per heavy atom. The molecule has 94 valence electrons. The lowest BCUT2D eigenvalue weighted by Gasteiger charge is -2.30.